The Bertz CT molecular complexity index is 897. The number of urea groups is 1. The van der Waals surface area contributed by atoms with Crippen molar-refractivity contribution in [3.8, 4) is 0 Å². The van der Waals surface area contributed by atoms with Gasteiger partial charge in [-0.05, 0) is 25.0 Å². The third kappa shape index (κ3) is 4.20. The Morgan fingerprint density at radius 3 is 2.62 bits per heavy atom. The van der Waals surface area contributed by atoms with Crippen molar-refractivity contribution in [2.75, 3.05) is 12.5 Å². The molecule has 9 nitrogen and oxygen atoms in total. The Balaban J connectivity index is 1.78. The van der Waals surface area contributed by atoms with Gasteiger partial charge in [0.1, 0.15) is 0 Å². The highest BCUT2D eigenvalue weighted by molar-refractivity contribution is 7.86. The summed E-state index contributed by atoms with van der Waals surface area (Å²) >= 11 is 0. The molecule has 3 rings (SSSR count). The molecule has 3 N–H and O–H groups in total. The van der Waals surface area contributed by atoms with Crippen LogP contribution in [-0.4, -0.2) is 37.6 Å². The molecular formula is C16H21N5O4S. The molecule has 1 heterocycles. The minimum Gasteiger partial charge on any atom is -0.334 e. The summed E-state index contributed by atoms with van der Waals surface area (Å²) in [6, 6.07) is 6.63. The molecule has 140 valence electrons. The smallest absolute Gasteiger partial charge is 0.333 e. The van der Waals surface area contributed by atoms with E-state index in [0.717, 1.165) is 32.8 Å². The van der Waals surface area contributed by atoms with E-state index in [4.69, 9.17) is 0 Å². The van der Waals surface area contributed by atoms with Gasteiger partial charge in [0.15, 0.2) is 5.82 Å². The number of nitrogens with zero attached hydrogens (tertiary/aromatic N) is 2. The van der Waals surface area contributed by atoms with E-state index in [1.165, 1.54) is 6.42 Å². The van der Waals surface area contributed by atoms with E-state index in [2.05, 4.69) is 30.3 Å². The topological polar surface area (TPSA) is 122 Å². The van der Waals surface area contributed by atoms with Gasteiger partial charge in [-0.2, -0.15) is 13.4 Å². The van der Waals surface area contributed by atoms with Crippen LogP contribution in [0, 0.1) is 0 Å². The predicted molar refractivity (Wildman–Crippen MR) is 95.9 cm³/mol. The fourth-order valence-corrected chi connectivity index (χ4v) is 3.48. The van der Waals surface area contributed by atoms with Gasteiger partial charge in [0, 0.05) is 11.4 Å². The second-order valence-corrected chi connectivity index (χ2v) is 7.66. The average molecular weight is 379 g/mol. The number of hydrazine groups is 1. The monoisotopic (exact) mass is 379 g/mol. The Morgan fingerprint density at radius 2 is 1.88 bits per heavy atom. The maximum atomic E-state index is 12.1. The summed E-state index contributed by atoms with van der Waals surface area (Å²) in [5.74, 6) is 0.171. The van der Waals surface area contributed by atoms with E-state index >= 15 is 0 Å². The van der Waals surface area contributed by atoms with Crippen LogP contribution in [0.1, 0.15) is 32.1 Å². The first kappa shape index (κ1) is 18.3. The highest BCUT2D eigenvalue weighted by Gasteiger charge is 2.20. The van der Waals surface area contributed by atoms with E-state index in [9.17, 15) is 13.2 Å². The van der Waals surface area contributed by atoms with Crippen molar-refractivity contribution in [2.45, 2.75) is 43.3 Å². The van der Waals surface area contributed by atoms with Gasteiger partial charge in [-0.15, -0.1) is 0 Å². The normalized spacial score (nSPS) is 15.6. The average Bonchev–Trinajstić information content (AvgIpc) is 2.66. The number of amides is 2. The molecular weight excluding hydrogens is 358 g/mol. The third-order valence-corrected chi connectivity index (χ3v) is 5.33. The van der Waals surface area contributed by atoms with Gasteiger partial charge in [0.05, 0.1) is 12.6 Å². The summed E-state index contributed by atoms with van der Waals surface area (Å²) in [6.45, 7) is 0. The minimum absolute atomic E-state index is 0.150. The summed E-state index contributed by atoms with van der Waals surface area (Å²) in [7, 11) is -3.03. The van der Waals surface area contributed by atoms with Gasteiger partial charge in [0.25, 0.3) is 5.16 Å². The van der Waals surface area contributed by atoms with Crippen LogP contribution in [0.15, 0.2) is 29.4 Å². The Kier molecular flexibility index (Phi) is 5.52. The van der Waals surface area contributed by atoms with Crippen LogP contribution in [0.3, 0.4) is 0 Å². The molecule has 0 aliphatic heterocycles. The number of carbonyl (C=O) groups excluding carboxylic acids is 1. The molecule has 1 aromatic heterocycles. The molecule has 10 heteroatoms. The number of fused-ring (bicyclic) bond motifs is 1. The zero-order valence-electron chi connectivity index (χ0n) is 14.4. The molecule has 2 aromatic rings. The van der Waals surface area contributed by atoms with Gasteiger partial charge in [0.2, 0.25) is 0 Å². The van der Waals surface area contributed by atoms with Crippen molar-refractivity contribution in [1.82, 2.24) is 20.7 Å². The van der Waals surface area contributed by atoms with Crippen molar-refractivity contribution in [3.05, 3.63) is 24.3 Å². The Hall–Kier alpha value is -2.46. The standard InChI is InChI=1S/C16H21N5O4S/c1-25-26(23,24)16-18-13-10-6-5-9-12(13)14(19-16)20-21-15(22)17-11-7-3-2-4-8-11/h5-6,9-11H,2-4,7-8H2,1H3,(H2,17,21,22)(H,18,19,20). The zero-order chi connectivity index (χ0) is 18.6. The van der Waals surface area contributed by atoms with E-state index in [1.54, 1.807) is 24.3 Å². The number of carbonyl (C=O) groups is 1. The van der Waals surface area contributed by atoms with Gasteiger partial charge in [-0.25, -0.2) is 9.78 Å². The lowest BCUT2D eigenvalue weighted by atomic mass is 9.96. The van der Waals surface area contributed by atoms with Gasteiger partial charge < -0.3 is 5.32 Å². The largest absolute Gasteiger partial charge is 0.334 e. The van der Waals surface area contributed by atoms with Crippen LogP contribution in [0.25, 0.3) is 10.9 Å². The summed E-state index contributed by atoms with van der Waals surface area (Å²) in [4.78, 5) is 20.1. The Morgan fingerprint density at radius 1 is 1.15 bits per heavy atom. The molecule has 0 spiro atoms. The highest BCUT2D eigenvalue weighted by atomic mass is 32.2. The fraction of sp³-hybridized carbons (Fsp3) is 0.438. The number of anilines is 1. The molecule has 2 amide bonds. The first-order valence-electron chi connectivity index (χ1n) is 8.39. The van der Waals surface area contributed by atoms with Crippen LogP contribution < -0.4 is 16.2 Å². The summed E-state index contributed by atoms with van der Waals surface area (Å²) in [5.41, 5.74) is 5.60. The van der Waals surface area contributed by atoms with Gasteiger partial charge in [-0.3, -0.25) is 15.0 Å². The number of para-hydroxylation sites is 1. The number of hydrogen-bond donors (Lipinski definition) is 3. The lowest BCUT2D eigenvalue weighted by molar-refractivity contribution is 0.234. The molecule has 26 heavy (non-hydrogen) atoms. The molecule has 1 aliphatic rings. The van der Waals surface area contributed by atoms with E-state index in [0.29, 0.717) is 10.9 Å². The minimum atomic E-state index is -4.06. The van der Waals surface area contributed by atoms with Crippen molar-refractivity contribution < 1.29 is 17.4 Å². The van der Waals surface area contributed by atoms with E-state index < -0.39 is 21.3 Å². The SMILES string of the molecule is COS(=O)(=O)c1nc(NNC(=O)NC2CCCCC2)c2ccccc2n1. The molecule has 0 saturated heterocycles. The van der Waals surface area contributed by atoms with Crippen LogP contribution in [0.4, 0.5) is 10.6 Å². The molecule has 0 bridgehead atoms. The molecule has 1 fully saturated rings. The first-order chi connectivity index (χ1) is 12.5. The molecule has 1 aliphatic carbocycles. The predicted octanol–water partition coefficient (Wildman–Crippen LogP) is 1.92. The molecule has 1 saturated carbocycles. The number of nitrogens with one attached hydrogen (secondary N) is 3. The fourth-order valence-electron chi connectivity index (χ4n) is 2.92. The van der Waals surface area contributed by atoms with Crippen molar-refractivity contribution in [1.29, 1.82) is 0 Å². The highest BCUT2D eigenvalue weighted by Crippen LogP contribution is 2.22. The Labute approximate surface area is 151 Å². The lowest BCUT2D eigenvalue weighted by Crippen LogP contribution is -2.45. The maximum Gasteiger partial charge on any atom is 0.333 e. The molecule has 0 unspecified atom stereocenters. The van der Waals surface area contributed by atoms with Gasteiger partial charge >= 0.3 is 16.1 Å². The molecule has 0 radical (unpaired) electrons. The van der Waals surface area contributed by atoms with Crippen LogP contribution in [0.5, 0.6) is 0 Å². The zero-order valence-corrected chi connectivity index (χ0v) is 15.2. The first-order valence-corrected chi connectivity index (χ1v) is 9.80. The third-order valence-electron chi connectivity index (χ3n) is 4.26. The second kappa shape index (κ2) is 7.83. The number of rotatable bonds is 5. The second-order valence-electron chi connectivity index (χ2n) is 6.05. The van der Waals surface area contributed by atoms with Crippen LogP contribution in [-0.2, 0) is 14.3 Å². The number of benzene rings is 1. The van der Waals surface area contributed by atoms with Crippen LogP contribution in [0.2, 0.25) is 0 Å². The van der Waals surface area contributed by atoms with Crippen molar-refractivity contribution in [2.24, 2.45) is 0 Å². The van der Waals surface area contributed by atoms with Crippen molar-refractivity contribution >= 4 is 32.9 Å². The number of hydrogen-bond acceptors (Lipinski definition) is 7. The summed E-state index contributed by atoms with van der Waals surface area (Å²) in [5, 5.41) is 2.99. The molecule has 0 atom stereocenters. The summed E-state index contributed by atoms with van der Waals surface area (Å²) in [6.07, 6.45) is 5.32. The van der Waals surface area contributed by atoms with E-state index in [-0.39, 0.29) is 11.9 Å². The number of aromatic nitrogens is 2. The summed E-state index contributed by atoms with van der Waals surface area (Å²) < 4.78 is 28.3. The quantitative estimate of drug-likeness (QED) is 0.412. The molecule has 1 aromatic carbocycles. The van der Waals surface area contributed by atoms with Gasteiger partial charge in [-0.1, -0.05) is 31.4 Å². The van der Waals surface area contributed by atoms with Crippen molar-refractivity contribution in [3.63, 3.8) is 0 Å². The lowest BCUT2D eigenvalue weighted by Gasteiger charge is -2.23. The van der Waals surface area contributed by atoms with Crippen LogP contribution >= 0.6 is 0 Å². The maximum absolute atomic E-state index is 12.1. The van der Waals surface area contributed by atoms with E-state index in [1.807, 2.05) is 0 Å².